The van der Waals surface area contributed by atoms with E-state index in [-0.39, 0.29) is 6.42 Å². The van der Waals surface area contributed by atoms with Crippen LogP contribution in [0.2, 0.25) is 0 Å². The normalized spacial score (nSPS) is 16.5. The highest BCUT2D eigenvalue weighted by atomic mass is 16.5. The average Bonchev–Trinajstić information content (AvgIpc) is 2.79. The van der Waals surface area contributed by atoms with Crippen LogP contribution >= 0.6 is 0 Å². The van der Waals surface area contributed by atoms with Gasteiger partial charge in [-0.1, -0.05) is 29.8 Å². The Hall–Kier alpha value is -4.14. The predicted molar refractivity (Wildman–Crippen MR) is 125 cm³/mol. The molecule has 9 heteroatoms. The molecule has 3 amide bonds. The molecule has 2 unspecified atom stereocenters. The minimum Gasteiger partial charge on any atom is -0.497 e. The number of ether oxygens (including phenoxy) is 1. The van der Waals surface area contributed by atoms with E-state index in [0.29, 0.717) is 17.0 Å². The zero-order valence-electron chi connectivity index (χ0n) is 19.4. The van der Waals surface area contributed by atoms with Crippen molar-refractivity contribution < 1.29 is 29.0 Å². The molecule has 178 valence electrons. The summed E-state index contributed by atoms with van der Waals surface area (Å²) in [4.78, 5) is 50.2. The summed E-state index contributed by atoms with van der Waals surface area (Å²) in [6, 6.07) is 9.87. The first-order valence-electron chi connectivity index (χ1n) is 10.6. The third kappa shape index (κ3) is 5.61. The lowest BCUT2D eigenvalue weighted by atomic mass is 9.95. The average molecular weight is 466 g/mol. The van der Waals surface area contributed by atoms with Crippen LogP contribution in [0, 0.1) is 6.92 Å². The highest BCUT2D eigenvalue weighted by Crippen LogP contribution is 2.29. The fourth-order valence-electron chi connectivity index (χ4n) is 3.75. The number of aliphatic carboxylic acids is 1. The van der Waals surface area contributed by atoms with Gasteiger partial charge in [0, 0.05) is 18.8 Å². The van der Waals surface area contributed by atoms with Gasteiger partial charge in [-0.05, 0) is 48.7 Å². The van der Waals surface area contributed by atoms with Gasteiger partial charge in [0.25, 0.3) is 5.91 Å². The van der Waals surface area contributed by atoms with Crippen LogP contribution in [0.4, 0.5) is 4.79 Å². The number of rotatable bonds is 7. The van der Waals surface area contributed by atoms with E-state index in [1.165, 1.54) is 18.0 Å². The number of methoxy groups -OCH3 is 1. The van der Waals surface area contributed by atoms with E-state index in [1.807, 2.05) is 37.3 Å². The van der Waals surface area contributed by atoms with Crippen LogP contribution in [0.5, 0.6) is 5.75 Å². The van der Waals surface area contributed by atoms with Gasteiger partial charge < -0.3 is 25.4 Å². The number of benzene rings is 2. The molecule has 1 aliphatic heterocycles. The number of carbonyl (C=O) groups excluding carboxylic acids is 3. The van der Waals surface area contributed by atoms with Crippen molar-refractivity contribution in [3.05, 3.63) is 65.4 Å². The number of likely N-dealkylation sites (N-methyl/N-ethyl adjacent to an activating group) is 1. The maximum Gasteiger partial charge on any atom is 0.316 e. The second-order valence-corrected chi connectivity index (χ2v) is 8.15. The number of urea groups is 1. The maximum absolute atomic E-state index is 12.7. The van der Waals surface area contributed by atoms with E-state index in [9.17, 15) is 24.3 Å². The number of amides is 3. The van der Waals surface area contributed by atoms with Crippen molar-refractivity contribution in [2.45, 2.75) is 32.4 Å². The van der Waals surface area contributed by atoms with Crippen molar-refractivity contribution in [3.63, 3.8) is 0 Å². The topological polar surface area (TPSA) is 125 Å². The summed E-state index contributed by atoms with van der Waals surface area (Å²) in [7, 11) is 3.08. The van der Waals surface area contributed by atoms with Gasteiger partial charge in [-0.15, -0.1) is 0 Å². The highest BCUT2D eigenvalue weighted by molar-refractivity contribution is 6.14. The number of nitrogens with zero attached hydrogens (tertiary/aromatic N) is 1. The Morgan fingerprint density at radius 2 is 1.85 bits per heavy atom. The Morgan fingerprint density at radius 3 is 2.53 bits per heavy atom. The molecule has 0 saturated carbocycles. The van der Waals surface area contributed by atoms with Gasteiger partial charge in [0.1, 0.15) is 5.75 Å². The van der Waals surface area contributed by atoms with Crippen LogP contribution in [0.15, 0.2) is 54.2 Å². The molecule has 0 fully saturated rings. The lowest BCUT2D eigenvalue weighted by Gasteiger charge is -2.28. The third-order valence-electron chi connectivity index (χ3n) is 5.61. The number of nitrogens with one attached hydrogen (secondary N) is 2. The van der Waals surface area contributed by atoms with E-state index in [2.05, 4.69) is 10.6 Å². The summed E-state index contributed by atoms with van der Waals surface area (Å²) in [5, 5.41) is 14.4. The minimum absolute atomic E-state index is 0.389. The standard InChI is InChI=1S/C25H27N3O6/c1-14-8-17(16-6-5-7-19(12-16)34-4)11-18(9-14)20(13-22(30)31)26-25(33)27-23-21(29)10-15(2)28(3)24(23)32/h5-12,20,23H,13H2,1-4H3,(H,30,31)(H2,26,27,33). The molecule has 2 aromatic rings. The van der Waals surface area contributed by atoms with Crippen LogP contribution in [-0.4, -0.2) is 53.9 Å². The molecule has 9 nitrogen and oxygen atoms in total. The maximum atomic E-state index is 12.7. The molecule has 3 rings (SSSR count). The van der Waals surface area contributed by atoms with Crippen LogP contribution in [-0.2, 0) is 14.4 Å². The quantitative estimate of drug-likeness (QED) is 0.540. The lowest BCUT2D eigenvalue weighted by Crippen LogP contribution is -2.56. The fraction of sp³-hybridized carbons (Fsp3) is 0.280. The monoisotopic (exact) mass is 465 g/mol. The molecule has 0 aliphatic carbocycles. The summed E-state index contributed by atoms with van der Waals surface area (Å²) < 4.78 is 5.29. The number of carbonyl (C=O) groups is 4. The van der Waals surface area contributed by atoms with Crippen molar-refractivity contribution >= 4 is 23.7 Å². The van der Waals surface area contributed by atoms with E-state index in [4.69, 9.17) is 4.74 Å². The fourth-order valence-corrected chi connectivity index (χ4v) is 3.75. The molecule has 3 N–H and O–H groups in total. The first kappa shape index (κ1) is 24.5. The van der Waals surface area contributed by atoms with Crippen molar-refractivity contribution in [1.29, 1.82) is 0 Å². The summed E-state index contributed by atoms with van der Waals surface area (Å²) in [5.74, 6) is -1.54. The summed E-state index contributed by atoms with van der Waals surface area (Å²) in [5.41, 5.74) is 3.61. The summed E-state index contributed by atoms with van der Waals surface area (Å²) in [6.07, 6.45) is 0.891. The Morgan fingerprint density at radius 1 is 1.12 bits per heavy atom. The van der Waals surface area contributed by atoms with Crippen molar-refractivity contribution in [2.75, 3.05) is 14.2 Å². The van der Waals surface area contributed by atoms with Gasteiger partial charge in [-0.3, -0.25) is 14.4 Å². The van der Waals surface area contributed by atoms with E-state index in [1.54, 1.807) is 26.2 Å². The van der Waals surface area contributed by atoms with Crippen molar-refractivity contribution in [2.24, 2.45) is 0 Å². The molecule has 0 bridgehead atoms. The second-order valence-electron chi connectivity index (χ2n) is 8.15. The Balaban J connectivity index is 1.87. The summed E-state index contributed by atoms with van der Waals surface area (Å²) in [6.45, 7) is 3.49. The molecule has 0 radical (unpaired) electrons. The van der Waals surface area contributed by atoms with E-state index >= 15 is 0 Å². The molecule has 34 heavy (non-hydrogen) atoms. The number of hydrogen-bond acceptors (Lipinski definition) is 5. The van der Waals surface area contributed by atoms with Crippen molar-refractivity contribution in [1.82, 2.24) is 15.5 Å². The molecule has 0 saturated heterocycles. The van der Waals surface area contributed by atoms with E-state index in [0.717, 1.165) is 16.7 Å². The number of allylic oxidation sites excluding steroid dienone is 1. The highest BCUT2D eigenvalue weighted by Gasteiger charge is 2.34. The molecule has 0 spiro atoms. The number of aryl methyl sites for hydroxylation is 1. The lowest BCUT2D eigenvalue weighted by molar-refractivity contribution is -0.138. The molecule has 2 atom stereocenters. The van der Waals surface area contributed by atoms with Gasteiger partial charge in [0.05, 0.1) is 19.6 Å². The van der Waals surface area contributed by atoms with E-state index < -0.39 is 35.8 Å². The number of ketones is 1. The smallest absolute Gasteiger partial charge is 0.316 e. The zero-order valence-corrected chi connectivity index (χ0v) is 19.4. The third-order valence-corrected chi connectivity index (χ3v) is 5.61. The Kier molecular flexibility index (Phi) is 7.35. The number of carboxylic acids is 1. The van der Waals surface area contributed by atoms with Crippen LogP contribution < -0.4 is 15.4 Å². The van der Waals surface area contributed by atoms with Gasteiger partial charge in [0.15, 0.2) is 11.8 Å². The molecular formula is C25H27N3O6. The first-order valence-corrected chi connectivity index (χ1v) is 10.6. The number of hydrogen-bond donors (Lipinski definition) is 3. The molecule has 2 aromatic carbocycles. The Bertz CT molecular complexity index is 1170. The zero-order chi connectivity index (χ0) is 25.0. The second kappa shape index (κ2) is 10.2. The van der Waals surface area contributed by atoms with Gasteiger partial charge in [-0.25, -0.2) is 4.79 Å². The van der Waals surface area contributed by atoms with Gasteiger partial charge >= 0.3 is 12.0 Å². The Labute approximate surface area is 197 Å². The van der Waals surface area contributed by atoms with Crippen LogP contribution in [0.25, 0.3) is 11.1 Å². The molecule has 1 heterocycles. The van der Waals surface area contributed by atoms with Gasteiger partial charge in [0.2, 0.25) is 0 Å². The number of carboxylic acid groups (broad SMARTS) is 1. The SMILES string of the molecule is COc1cccc(-c2cc(C)cc(C(CC(=O)O)NC(=O)NC3C(=O)C=C(C)N(C)C3=O)c2)c1. The molecule has 1 aliphatic rings. The summed E-state index contributed by atoms with van der Waals surface area (Å²) >= 11 is 0. The van der Waals surface area contributed by atoms with Gasteiger partial charge in [-0.2, -0.15) is 0 Å². The minimum atomic E-state index is -1.37. The molecular weight excluding hydrogens is 438 g/mol. The predicted octanol–water partition coefficient (Wildman–Crippen LogP) is 2.80. The van der Waals surface area contributed by atoms with Crippen LogP contribution in [0.1, 0.15) is 30.5 Å². The van der Waals surface area contributed by atoms with Crippen molar-refractivity contribution in [3.8, 4) is 16.9 Å². The first-order chi connectivity index (χ1) is 16.1. The molecule has 0 aromatic heterocycles. The largest absolute Gasteiger partial charge is 0.497 e. The van der Waals surface area contributed by atoms with Crippen LogP contribution in [0.3, 0.4) is 0 Å².